The van der Waals surface area contributed by atoms with E-state index in [1.165, 1.54) is 0 Å². The van der Waals surface area contributed by atoms with Gasteiger partial charge in [0.25, 0.3) is 0 Å². The Labute approximate surface area is 170 Å². The van der Waals surface area contributed by atoms with E-state index in [0.29, 0.717) is 12.5 Å². The van der Waals surface area contributed by atoms with Crippen molar-refractivity contribution in [2.75, 3.05) is 7.11 Å². The first-order valence-corrected chi connectivity index (χ1v) is 10.1. The highest BCUT2D eigenvalue weighted by molar-refractivity contribution is 5.26. The predicted octanol–water partition coefficient (Wildman–Crippen LogP) is 6.29. The second kappa shape index (κ2) is 11.6. The van der Waals surface area contributed by atoms with Gasteiger partial charge in [-0.3, -0.25) is 0 Å². The van der Waals surface area contributed by atoms with Crippen molar-refractivity contribution in [1.82, 2.24) is 0 Å². The average molecular weight is 383 g/mol. The van der Waals surface area contributed by atoms with Crippen molar-refractivity contribution >= 4 is 0 Å². The van der Waals surface area contributed by atoms with Crippen molar-refractivity contribution in [3.05, 3.63) is 72.8 Å². The SMILES string of the molecule is C=C[C@H](CCC(C)C)[C@H](Oc1ccccc1)[C@H](C)OCc1ccc(OC)cc1. The monoisotopic (exact) mass is 382 g/mol. The van der Waals surface area contributed by atoms with Gasteiger partial charge in [0, 0.05) is 5.92 Å². The molecule has 0 aliphatic rings. The van der Waals surface area contributed by atoms with Crippen LogP contribution in [0.25, 0.3) is 0 Å². The van der Waals surface area contributed by atoms with Crippen molar-refractivity contribution in [2.24, 2.45) is 11.8 Å². The average Bonchev–Trinajstić information content (AvgIpc) is 2.72. The summed E-state index contributed by atoms with van der Waals surface area (Å²) >= 11 is 0. The highest BCUT2D eigenvalue weighted by Gasteiger charge is 2.28. The molecule has 2 aromatic carbocycles. The van der Waals surface area contributed by atoms with Gasteiger partial charge in [-0.2, -0.15) is 0 Å². The van der Waals surface area contributed by atoms with E-state index in [0.717, 1.165) is 29.9 Å². The Morgan fingerprint density at radius 2 is 1.57 bits per heavy atom. The number of ether oxygens (including phenoxy) is 3. The zero-order valence-corrected chi connectivity index (χ0v) is 17.6. The number of para-hydroxylation sites is 1. The third-order valence-electron chi connectivity index (χ3n) is 4.95. The zero-order valence-electron chi connectivity index (χ0n) is 17.6. The molecule has 0 fully saturated rings. The number of methoxy groups -OCH3 is 1. The quantitative estimate of drug-likeness (QED) is 0.404. The summed E-state index contributed by atoms with van der Waals surface area (Å²) in [5, 5.41) is 0. The van der Waals surface area contributed by atoms with Gasteiger partial charge in [0.2, 0.25) is 0 Å². The molecule has 0 amide bonds. The Morgan fingerprint density at radius 3 is 2.14 bits per heavy atom. The first-order valence-electron chi connectivity index (χ1n) is 10.1. The van der Waals surface area contributed by atoms with E-state index in [9.17, 15) is 0 Å². The molecule has 0 saturated carbocycles. The summed E-state index contributed by atoms with van der Waals surface area (Å²) in [4.78, 5) is 0. The molecule has 0 spiro atoms. The van der Waals surface area contributed by atoms with Gasteiger partial charge in [-0.15, -0.1) is 6.58 Å². The molecule has 2 rings (SSSR count). The second-order valence-corrected chi connectivity index (χ2v) is 7.63. The number of hydrogen-bond acceptors (Lipinski definition) is 3. The van der Waals surface area contributed by atoms with Crippen LogP contribution in [0.5, 0.6) is 11.5 Å². The van der Waals surface area contributed by atoms with Crippen LogP contribution >= 0.6 is 0 Å². The van der Waals surface area contributed by atoms with E-state index in [4.69, 9.17) is 14.2 Å². The normalized spacial score (nSPS) is 14.3. The van der Waals surface area contributed by atoms with Crippen LogP contribution in [0, 0.1) is 11.8 Å². The first kappa shape index (κ1) is 22.0. The molecular formula is C25H34O3. The lowest BCUT2D eigenvalue weighted by Gasteiger charge is -2.31. The summed E-state index contributed by atoms with van der Waals surface area (Å²) in [6.07, 6.45) is 4.03. The Morgan fingerprint density at radius 1 is 0.893 bits per heavy atom. The maximum Gasteiger partial charge on any atom is 0.131 e. The van der Waals surface area contributed by atoms with Gasteiger partial charge >= 0.3 is 0 Å². The molecule has 0 heterocycles. The molecular weight excluding hydrogens is 348 g/mol. The minimum atomic E-state index is -0.0862. The molecule has 0 N–H and O–H groups in total. The molecule has 3 heteroatoms. The standard InChI is InChI=1S/C25H34O3/c1-6-22(15-12-19(2)3)25(28-24-10-8-7-9-11-24)20(4)27-18-21-13-16-23(26-5)17-14-21/h6-11,13-14,16-17,19-20,22,25H,1,12,15,18H2,2-5H3/t20-,22+,25+/m0/s1. The lowest BCUT2D eigenvalue weighted by Crippen LogP contribution is -2.38. The molecule has 0 bridgehead atoms. The minimum absolute atomic E-state index is 0.0718. The Kier molecular flexibility index (Phi) is 9.09. The largest absolute Gasteiger partial charge is 0.497 e. The van der Waals surface area contributed by atoms with E-state index < -0.39 is 0 Å². The van der Waals surface area contributed by atoms with Crippen molar-refractivity contribution < 1.29 is 14.2 Å². The van der Waals surface area contributed by atoms with E-state index in [1.807, 2.05) is 60.7 Å². The van der Waals surface area contributed by atoms with Crippen LogP contribution in [0.1, 0.15) is 39.2 Å². The fourth-order valence-corrected chi connectivity index (χ4v) is 3.17. The molecule has 3 nitrogen and oxygen atoms in total. The molecule has 0 unspecified atom stereocenters. The van der Waals surface area contributed by atoms with Gasteiger partial charge in [-0.25, -0.2) is 0 Å². The van der Waals surface area contributed by atoms with Crippen LogP contribution in [0.3, 0.4) is 0 Å². The third-order valence-corrected chi connectivity index (χ3v) is 4.95. The fourth-order valence-electron chi connectivity index (χ4n) is 3.17. The van der Waals surface area contributed by atoms with E-state index in [-0.39, 0.29) is 18.1 Å². The maximum absolute atomic E-state index is 6.37. The van der Waals surface area contributed by atoms with Crippen molar-refractivity contribution in [3.63, 3.8) is 0 Å². The third kappa shape index (κ3) is 7.05. The highest BCUT2D eigenvalue weighted by Crippen LogP contribution is 2.26. The van der Waals surface area contributed by atoms with Crippen molar-refractivity contribution in [3.8, 4) is 11.5 Å². The lowest BCUT2D eigenvalue weighted by atomic mass is 9.90. The summed E-state index contributed by atoms with van der Waals surface area (Å²) < 4.78 is 17.8. The molecule has 0 radical (unpaired) electrons. The Balaban J connectivity index is 2.07. The molecule has 0 aromatic heterocycles. The topological polar surface area (TPSA) is 27.7 Å². The molecule has 3 atom stereocenters. The van der Waals surface area contributed by atoms with Crippen LogP contribution < -0.4 is 9.47 Å². The van der Waals surface area contributed by atoms with Crippen LogP contribution in [-0.4, -0.2) is 19.3 Å². The molecule has 152 valence electrons. The molecule has 0 aliphatic carbocycles. The summed E-state index contributed by atoms with van der Waals surface area (Å²) in [6, 6.07) is 17.9. The zero-order chi connectivity index (χ0) is 20.4. The smallest absolute Gasteiger partial charge is 0.131 e. The first-order chi connectivity index (χ1) is 13.5. The summed E-state index contributed by atoms with van der Waals surface area (Å²) in [6.45, 7) is 11.2. The van der Waals surface area contributed by atoms with Crippen LogP contribution in [-0.2, 0) is 11.3 Å². The lowest BCUT2D eigenvalue weighted by molar-refractivity contribution is -0.0412. The van der Waals surface area contributed by atoms with Gasteiger partial charge in [0.05, 0.1) is 19.8 Å². The van der Waals surface area contributed by atoms with Gasteiger partial charge in [0.1, 0.15) is 17.6 Å². The molecule has 28 heavy (non-hydrogen) atoms. The van der Waals surface area contributed by atoms with E-state index in [2.05, 4.69) is 27.4 Å². The molecule has 2 aromatic rings. The summed E-state index contributed by atoms with van der Waals surface area (Å²) in [5.41, 5.74) is 1.11. The fraction of sp³-hybridized carbons (Fsp3) is 0.440. The van der Waals surface area contributed by atoms with Gasteiger partial charge < -0.3 is 14.2 Å². The van der Waals surface area contributed by atoms with Crippen molar-refractivity contribution in [1.29, 1.82) is 0 Å². The maximum atomic E-state index is 6.37. The molecule has 0 aliphatic heterocycles. The van der Waals surface area contributed by atoms with Gasteiger partial charge in [0.15, 0.2) is 0 Å². The number of benzene rings is 2. The highest BCUT2D eigenvalue weighted by atomic mass is 16.5. The second-order valence-electron chi connectivity index (χ2n) is 7.63. The van der Waals surface area contributed by atoms with Crippen molar-refractivity contribution in [2.45, 2.75) is 52.4 Å². The van der Waals surface area contributed by atoms with Crippen LogP contribution in [0.15, 0.2) is 67.3 Å². The minimum Gasteiger partial charge on any atom is -0.497 e. The van der Waals surface area contributed by atoms with Gasteiger partial charge in [-0.1, -0.05) is 56.7 Å². The number of hydrogen-bond donors (Lipinski definition) is 0. The van der Waals surface area contributed by atoms with E-state index in [1.54, 1.807) is 7.11 Å². The van der Waals surface area contributed by atoms with Crippen LogP contribution in [0.2, 0.25) is 0 Å². The Hall–Kier alpha value is -2.26. The summed E-state index contributed by atoms with van der Waals surface area (Å²) in [7, 11) is 1.67. The molecule has 0 saturated heterocycles. The van der Waals surface area contributed by atoms with Gasteiger partial charge in [-0.05, 0) is 49.1 Å². The number of rotatable bonds is 12. The van der Waals surface area contributed by atoms with E-state index >= 15 is 0 Å². The predicted molar refractivity (Wildman–Crippen MR) is 116 cm³/mol. The Bertz CT molecular complexity index is 679. The van der Waals surface area contributed by atoms with Crippen LogP contribution in [0.4, 0.5) is 0 Å². The summed E-state index contributed by atoms with van der Waals surface area (Å²) in [5.74, 6) is 2.59.